The minimum absolute atomic E-state index is 0.0409. The molecule has 2 N–H and O–H groups in total. The summed E-state index contributed by atoms with van der Waals surface area (Å²) in [6.07, 6.45) is 3.03. The quantitative estimate of drug-likeness (QED) is 0.802. The number of pyridine rings is 1. The molecule has 2 aliphatic rings. The van der Waals surface area contributed by atoms with Crippen molar-refractivity contribution in [3.63, 3.8) is 0 Å². The third-order valence-corrected chi connectivity index (χ3v) is 4.26. The van der Waals surface area contributed by atoms with Crippen LogP contribution in [0.2, 0.25) is 0 Å². The summed E-state index contributed by atoms with van der Waals surface area (Å²) in [5, 5.41) is 11.3. The number of aryl methyl sites for hydroxylation is 1. The van der Waals surface area contributed by atoms with Crippen LogP contribution in [0.3, 0.4) is 0 Å². The molecule has 0 saturated heterocycles. The Morgan fingerprint density at radius 1 is 1.57 bits per heavy atom. The second-order valence-corrected chi connectivity index (χ2v) is 5.99. The molecule has 112 valence electrons. The number of carbonyl (C=O) groups excluding carboxylic acids is 1. The summed E-state index contributed by atoms with van der Waals surface area (Å²) in [6, 6.07) is 1.88. The second kappa shape index (κ2) is 5.02. The van der Waals surface area contributed by atoms with E-state index in [1.54, 1.807) is 0 Å². The number of nitrogens with zero attached hydrogens (tertiary/aromatic N) is 1. The van der Waals surface area contributed by atoms with Crippen molar-refractivity contribution < 1.29 is 19.4 Å². The van der Waals surface area contributed by atoms with Crippen LogP contribution in [0.25, 0.3) is 0 Å². The SMILES string of the molecule is Cc1nc(OCC2(NC(=O)O)CC2)cc2c1CC(C=O)C2. The number of aromatic nitrogens is 1. The zero-order chi connectivity index (χ0) is 15.0. The van der Waals surface area contributed by atoms with Gasteiger partial charge in [-0.25, -0.2) is 9.78 Å². The first-order valence-electron chi connectivity index (χ1n) is 7.10. The van der Waals surface area contributed by atoms with E-state index in [-0.39, 0.29) is 5.92 Å². The standard InChI is InChI=1S/C15H18N2O4/c1-9-12-5-10(7-18)4-11(12)6-13(16-9)21-8-15(2-3-15)17-14(19)20/h6-7,10,17H,2-5,8H2,1H3,(H,19,20). The van der Waals surface area contributed by atoms with Crippen molar-refractivity contribution in [1.82, 2.24) is 10.3 Å². The third kappa shape index (κ3) is 2.84. The molecule has 21 heavy (non-hydrogen) atoms. The summed E-state index contributed by atoms with van der Waals surface area (Å²) in [7, 11) is 0. The number of amides is 1. The van der Waals surface area contributed by atoms with Gasteiger partial charge in [0.2, 0.25) is 5.88 Å². The maximum Gasteiger partial charge on any atom is 0.405 e. The van der Waals surface area contributed by atoms with Crippen molar-refractivity contribution >= 4 is 12.4 Å². The van der Waals surface area contributed by atoms with Gasteiger partial charge in [0.1, 0.15) is 12.9 Å². The zero-order valence-corrected chi connectivity index (χ0v) is 11.9. The summed E-state index contributed by atoms with van der Waals surface area (Å²) in [6.45, 7) is 2.21. The van der Waals surface area contributed by atoms with E-state index in [9.17, 15) is 9.59 Å². The van der Waals surface area contributed by atoms with Crippen LogP contribution in [0.4, 0.5) is 4.79 Å². The Labute approximate surface area is 122 Å². The Hall–Kier alpha value is -2.11. The lowest BCUT2D eigenvalue weighted by atomic mass is 10.1. The molecule has 6 heteroatoms. The highest BCUT2D eigenvalue weighted by molar-refractivity contribution is 5.66. The van der Waals surface area contributed by atoms with Crippen molar-refractivity contribution in [1.29, 1.82) is 0 Å². The fourth-order valence-electron chi connectivity index (χ4n) is 2.88. The number of rotatable bonds is 5. The molecule has 6 nitrogen and oxygen atoms in total. The molecular formula is C15H18N2O4. The average Bonchev–Trinajstić information content (AvgIpc) is 3.04. The van der Waals surface area contributed by atoms with Gasteiger partial charge in [0.25, 0.3) is 0 Å². The first-order valence-corrected chi connectivity index (χ1v) is 7.10. The smallest absolute Gasteiger partial charge is 0.405 e. The topological polar surface area (TPSA) is 88.5 Å². The molecule has 0 aliphatic heterocycles. The van der Waals surface area contributed by atoms with E-state index in [1.165, 1.54) is 0 Å². The largest absolute Gasteiger partial charge is 0.475 e. The average molecular weight is 290 g/mol. The minimum Gasteiger partial charge on any atom is -0.475 e. The summed E-state index contributed by atoms with van der Waals surface area (Å²) in [5.74, 6) is 0.551. The van der Waals surface area contributed by atoms with E-state index < -0.39 is 11.6 Å². The lowest BCUT2D eigenvalue weighted by Gasteiger charge is -2.16. The van der Waals surface area contributed by atoms with Crippen LogP contribution in [0.5, 0.6) is 5.88 Å². The highest BCUT2D eigenvalue weighted by atomic mass is 16.5. The molecule has 0 spiro atoms. The van der Waals surface area contributed by atoms with Crippen LogP contribution < -0.4 is 10.1 Å². The van der Waals surface area contributed by atoms with E-state index in [4.69, 9.17) is 9.84 Å². The molecule has 1 aromatic heterocycles. The van der Waals surface area contributed by atoms with Gasteiger partial charge >= 0.3 is 6.09 Å². The van der Waals surface area contributed by atoms with Crippen molar-refractivity contribution in [2.45, 2.75) is 38.1 Å². The predicted octanol–water partition coefficient (Wildman–Crippen LogP) is 1.48. The second-order valence-electron chi connectivity index (χ2n) is 5.99. The molecule has 1 amide bonds. The number of hydrogen-bond acceptors (Lipinski definition) is 4. The molecule has 1 fully saturated rings. The van der Waals surface area contributed by atoms with E-state index >= 15 is 0 Å². The number of carbonyl (C=O) groups is 2. The van der Waals surface area contributed by atoms with Crippen molar-refractivity contribution in [2.24, 2.45) is 5.92 Å². The molecule has 1 unspecified atom stereocenters. The molecule has 2 aliphatic carbocycles. The van der Waals surface area contributed by atoms with Crippen LogP contribution in [-0.4, -0.2) is 34.6 Å². The Bertz CT molecular complexity index is 596. The number of hydrogen-bond donors (Lipinski definition) is 2. The van der Waals surface area contributed by atoms with E-state index in [0.29, 0.717) is 12.5 Å². The predicted molar refractivity (Wildman–Crippen MR) is 74.6 cm³/mol. The highest BCUT2D eigenvalue weighted by Crippen LogP contribution is 2.36. The molecule has 1 saturated carbocycles. The van der Waals surface area contributed by atoms with Gasteiger partial charge in [-0.2, -0.15) is 0 Å². The Balaban J connectivity index is 1.69. The van der Waals surface area contributed by atoms with Gasteiger partial charge in [-0.05, 0) is 43.7 Å². The molecular weight excluding hydrogens is 272 g/mol. The van der Waals surface area contributed by atoms with Crippen LogP contribution in [0.1, 0.15) is 29.7 Å². The van der Waals surface area contributed by atoms with Crippen LogP contribution in [0, 0.1) is 12.8 Å². The maximum absolute atomic E-state index is 10.9. The molecule has 0 radical (unpaired) electrons. The van der Waals surface area contributed by atoms with Gasteiger partial charge < -0.3 is 20.0 Å². The van der Waals surface area contributed by atoms with Gasteiger partial charge in [0.05, 0.1) is 5.54 Å². The number of ether oxygens (including phenoxy) is 1. The lowest BCUT2D eigenvalue weighted by molar-refractivity contribution is -0.110. The van der Waals surface area contributed by atoms with Crippen molar-refractivity contribution in [3.8, 4) is 5.88 Å². The van der Waals surface area contributed by atoms with Gasteiger partial charge in [0, 0.05) is 17.7 Å². The zero-order valence-electron chi connectivity index (χ0n) is 11.9. The number of aldehydes is 1. The first kappa shape index (κ1) is 13.9. The van der Waals surface area contributed by atoms with E-state index in [0.717, 1.165) is 48.8 Å². The van der Waals surface area contributed by atoms with Crippen LogP contribution in [0.15, 0.2) is 6.07 Å². The van der Waals surface area contributed by atoms with Gasteiger partial charge in [-0.1, -0.05) is 0 Å². The Morgan fingerprint density at radius 3 is 2.95 bits per heavy atom. The molecule has 0 aromatic carbocycles. The molecule has 0 bridgehead atoms. The molecule has 1 aromatic rings. The fraction of sp³-hybridized carbons (Fsp3) is 0.533. The summed E-state index contributed by atoms with van der Waals surface area (Å²) in [4.78, 5) is 26.1. The Morgan fingerprint density at radius 2 is 2.33 bits per heavy atom. The number of nitrogens with one attached hydrogen (secondary N) is 1. The summed E-state index contributed by atoms with van der Waals surface area (Å²) in [5.41, 5.74) is 2.70. The van der Waals surface area contributed by atoms with Crippen LogP contribution in [-0.2, 0) is 17.6 Å². The normalized spacial score (nSPS) is 21.5. The number of fused-ring (bicyclic) bond motifs is 1. The fourth-order valence-corrected chi connectivity index (χ4v) is 2.88. The minimum atomic E-state index is -1.02. The van der Waals surface area contributed by atoms with E-state index in [1.807, 2.05) is 13.0 Å². The number of carboxylic acid groups (broad SMARTS) is 1. The Kier molecular flexibility index (Phi) is 3.31. The third-order valence-electron chi connectivity index (χ3n) is 4.26. The highest BCUT2D eigenvalue weighted by Gasteiger charge is 2.45. The summed E-state index contributed by atoms with van der Waals surface area (Å²) < 4.78 is 5.68. The molecule has 1 atom stereocenters. The monoisotopic (exact) mass is 290 g/mol. The maximum atomic E-state index is 10.9. The van der Waals surface area contributed by atoms with Gasteiger partial charge in [-0.15, -0.1) is 0 Å². The van der Waals surface area contributed by atoms with Gasteiger partial charge in [0.15, 0.2) is 0 Å². The van der Waals surface area contributed by atoms with Gasteiger partial charge in [-0.3, -0.25) is 0 Å². The molecule has 1 heterocycles. The van der Waals surface area contributed by atoms with Crippen molar-refractivity contribution in [3.05, 3.63) is 22.9 Å². The van der Waals surface area contributed by atoms with Crippen molar-refractivity contribution in [2.75, 3.05) is 6.61 Å². The lowest BCUT2D eigenvalue weighted by Crippen LogP contribution is -2.40. The van der Waals surface area contributed by atoms with E-state index in [2.05, 4.69) is 10.3 Å². The summed E-state index contributed by atoms with van der Waals surface area (Å²) >= 11 is 0. The first-order chi connectivity index (χ1) is 10.0. The van der Waals surface area contributed by atoms with Crippen LogP contribution >= 0.6 is 0 Å². The molecule has 3 rings (SSSR count).